The molecule has 0 N–H and O–H groups in total. The van der Waals surface area contributed by atoms with E-state index in [9.17, 15) is 9.59 Å². The first-order valence-electron chi connectivity index (χ1n) is 18.0. The van der Waals surface area contributed by atoms with Crippen LogP contribution in [0, 0.1) is 40.4 Å². The number of hydrogen-bond donors (Lipinski definition) is 0. The molecule has 1 aromatic rings. The van der Waals surface area contributed by atoms with Gasteiger partial charge < -0.3 is 14.4 Å². The molecule has 3 fully saturated rings. The minimum Gasteiger partial charge on any atom is -0.468 e. The molecule has 4 aliphatic carbocycles. The van der Waals surface area contributed by atoms with Gasteiger partial charge in [-0.05, 0) is 122 Å². The van der Waals surface area contributed by atoms with Gasteiger partial charge in [0.2, 0.25) is 0 Å². The van der Waals surface area contributed by atoms with E-state index in [1.807, 2.05) is 19.1 Å². The van der Waals surface area contributed by atoms with E-state index in [2.05, 4.69) is 33.8 Å². The van der Waals surface area contributed by atoms with Gasteiger partial charge in [0.25, 0.3) is 0 Å². The van der Waals surface area contributed by atoms with Crippen molar-refractivity contribution < 1.29 is 19.1 Å². The van der Waals surface area contributed by atoms with E-state index in [4.69, 9.17) is 21.1 Å². The lowest BCUT2D eigenvalue weighted by Crippen LogP contribution is -2.51. The normalized spacial score (nSPS) is 33.0. The van der Waals surface area contributed by atoms with E-state index in [-0.39, 0.29) is 24.0 Å². The number of nitrogens with zero attached hydrogens (tertiary/aromatic N) is 1. The first kappa shape index (κ1) is 34.3. The number of hydrogen-bond acceptors (Lipinski definition) is 5. The zero-order valence-corrected chi connectivity index (χ0v) is 29.5. The van der Waals surface area contributed by atoms with Crippen molar-refractivity contribution in [1.82, 2.24) is 0 Å². The van der Waals surface area contributed by atoms with Crippen LogP contribution in [0.1, 0.15) is 118 Å². The van der Waals surface area contributed by atoms with Crippen LogP contribution in [0.15, 0.2) is 35.9 Å². The Bertz CT molecular complexity index is 1210. The molecular weight excluding hydrogens is 582 g/mol. The minimum absolute atomic E-state index is 0.0262. The van der Waals surface area contributed by atoms with Crippen LogP contribution < -0.4 is 4.90 Å². The number of unbranched alkanes of at least 4 members (excludes halogenated alkanes) is 1. The van der Waals surface area contributed by atoms with E-state index in [1.165, 1.54) is 70.5 Å². The summed E-state index contributed by atoms with van der Waals surface area (Å²) in [7, 11) is 1.37. The minimum atomic E-state index is -0.583. The van der Waals surface area contributed by atoms with E-state index in [0.29, 0.717) is 16.9 Å². The van der Waals surface area contributed by atoms with Crippen molar-refractivity contribution in [2.75, 3.05) is 18.6 Å². The molecular formula is C39H58ClNO4. The summed E-state index contributed by atoms with van der Waals surface area (Å²) in [6, 6.07) is 6.64. The van der Waals surface area contributed by atoms with Crippen molar-refractivity contribution in [2.24, 2.45) is 40.4 Å². The van der Waals surface area contributed by atoms with Gasteiger partial charge >= 0.3 is 11.9 Å². The summed E-state index contributed by atoms with van der Waals surface area (Å²) in [5.74, 6) is 3.47. The van der Waals surface area contributed by atoms with Crippen LogP contribution in [0.5, 0.6) is 0 Å². The third kappa shape index (κ3) is 7.14. The molecule has 3 saturated carbocycles. The molecule has 0 bridgehead atoms. The van der Waals surface area contributed by atoms with Crippen LogP contribution in [0.4, 0.5) is 5.69 Å². The van der Waals surface area contributed by atoms with Crippen LogP contribution in [0.2, 0.25) is 5.02 Å². The monoisotopic (exact) mass is 639 g/mol. The number of fused-ring (bicyclic) bond motifs is 5. The molecule has 5 rings (SSSR count). The fourth-order valence-electron chi connectivity index (χ4n) is 10.2. The van der Waals surface area contributed by atoms with Crippen LogP contribution in [-0.4, -0.2) is 37.7 Å². The van der Waals surface area contributed by atoms with Gasteiger partial charge in [0.1, 0.15) is 18.7 Å². The van der Waals surface area contributed by atoms with Crippen LogP contribution in [0.25, 0.3) is 0 Å². The molecule has 250 valence electrons. The van der Waals surface area contributed by atoms with E-state index in [1.54, 1.807) is 17.0 Å². The number of allylic oxidation sites excluding steroid dienone is 1. The topological polar surface area (TPSA) is 55.8 Å². The average Bonchev–Trinajstić information content (AvgIpc) is 3.35. The molecule has 0 amide bonds. The Labute approximate surface area is 277 Å². The maximum atomic E-state index is 13.7. The first-order valence-corrected chi connectivity index (χ1v) is 18.4. The highest BCUT2D eigenvalue weighted by Gasteiger charge is 2.58. The second-order valence-corrected chi connectivity index (χ2v) is 16.1. The highest BCUT2D eigenvalue weighted by atomic mass is 35.5. The second kappa shape index (κ2) is 14.4. The zero-order chi connectivity index (χ0) is 32.4. The van der Waals surface area contributed by atoms with Crippen LogP contribution in [0.3, 0.4) is 0 Å². The van der Waals surface area contributed by atoms with Gasteiger partial charge in [-0.15, -0.1) is 0 Å². The molecule has 0 radical (unpaired) electrons. The number of methoxy groups -OCH3 is 1. The van der Waals surface area contributed by atoms with E-state index in [0.717, 1.165) is 54.5 Å². The quantitative estimate of drug-likeness (QED) is 0.129. The van der Waals surface area contributed by atoms with Gasteiger partial charge in [0.15, 0.2) is 0 Å². The Kier molecular flexibility index (Phi) is 11.0. The summed E-state index contributed by atoms with van der Waals surface area (Å²) >= 11 is 6.13. The summed E-state index contributed by atoms with van der Waals surface area (Å²) < 4.78 is 11.2. The predicted octanol–water partition coefficient (Wildman–Crippen LogP) is 9.81. The van der Waals surface area contributed by atoms with Gasteiger partial charge in [0.05, 0.1) is 7.11 Å². The lowest BCUT2D eigenvalue weighted by Gasteiger charge is -2.58. The van der Waals surface area contributed by atoms with Gasteiger partial charge in [-0.25, -0.2) is 4.79 Å². The Balaban J connectivity index is 1.24. The summed E-state index contributed by atoms with van der Waals surface area (Å²) in [4.78, 5) is 27.9. The van der Waals surface area contributed by atoms with Gasteiger partial charge in [-0.1, -0.05) is 77.1 Å². The van der Waals surface area contributed by atoms with Crippen molar-refractivity contribution >= 4 is 29.2 Å². The summed E-state index contributed by atoms with van der Waals surface area (Å²) in [5, 5.41) is 0.605. The van der Waals surface area contributed by atoms with Crippen LogP contribution >= 0.6 is 11.6 Å². The Hall–Kier alpha value is -2.01. The van der Waals surface area contributed by atoms with Crippen LogP contribution in [-0.2, 0) is 19.1 Å². The maximum Gasteiger partial charge on any atom is 0.329 e. The smallest absolute Gasteiger partial charge is 0.329 e. The number of anilines is 1. The standard InChI is InChI=1S/C39H58ClNO4/c1-7-35(41(25-36(42)44-6)30-16-14-29(40)15-17-30)37(43)45-31-20-22-39(5)28(24-31)12-18-32-33-19-13-27(11-9-8-10-26(2)3)38(33,4)23-21-34(32)39/h12,14-17,26-27,31-35H,7-11,13,18-25H2,1-6H3/t27?,31-,32-,33?,34?,35+,38+,39-/m0/s1. The molecule has 6 heteroatoms. The van der Waals surface area contributed by atoms with Gasteiger partial charge in [0, 0.05) is 17.1 Å². The van der Waals surface area contributed by atoms with E-state index < -0.39 is 12.0 Å². The summed E-state index contributed by atoms with van der Waals surface area (Å²) in [6.07, 6.45) is 18.1. The number of rotatable bonds is 12. The maximum absolute atomic E-state index is 13.7. The first-order chi connectivity index (χ1) is 21.5. The Morgan fingerprint density at radius 2 is 1.78 bits per heavy atom. The second-order valence-electron chi connectivity index (χ2n) is 15.7. The fourth-order valence-corrected chi connectivity index (χ4v) is 10.4. The van der Waals surface area contributed by atoms with Crippen molar-refractivity contribution in [3.8, 4) is 0 Å². The molecule has 0 saturated heterocycles. The largest absolute Gasteiger partial charge is 0.468 e. The Morgan fingerprint density at radius 3 is 2.47 bits per heavy atom. The molecule has 3 unspecified atom stereocenters. The number of benzene rings is 1. The van der Waals surface area contributed by atoms with Crippen molar-refractivity contribution in [1.29, 1.82) is 0 Å². The molecule has 0 spiro atoms. The molecule has 5 nitrogen and oxygen atoms in total. The summed E-state index contributed by atoms with van der Waals surface area (Å²) in [6.45, 7) is 11.8. The lowest BCUT2D eigenvalue weighted by atomic mass is 9.47. The predicted molar refractivity (Wildman–Crippen MR) is 183 cm³/mol. The Morgan fingerprint density at radius 1 is 1.02 bits per heavy atom. The average molecular weight is 640 g/mol. The number of ether oxygens (including phenoxy) is 2. The third-order valence-corrected chi connectivity index (χ3v) is 13.1. The number of esters is 2. The van der Waals surface area contributed by atoms with E-state index >= 15 is 0 Å². The lowest BCUT2D eigenvalue weighted by molar-refractivity contribution is -0.153. The fraction of sp³-hybridized carbons (Fsp3) is 0.744. The summed E-state index contributed by atoms with van der Waals surface area (Å²) in [5.41, 5.74) is 3.01. The van der Waals surface area contributed by atoms with Crippen molar-refractivity contribution in [3.05, 3.63) is 40.9 Å². The number of halogens is 1. The van der Waals surface area contributed by atoms with Gasteiger partial charge in [-0.2, -0.15) is 0 Å². The molecule has 0 aromatic heterocycles. The molecule has 4 aliphatic rings. The number of carbonyl (C=O) groups excluding carboxylic acids is 2. The SMILES string of the molecule is CC[C@H](C(=O)O[C@H]1CC[C@@]2(C)C(=CC[C@H]3C4CCC(CCCCC(C)C)[C@@]4(C)CCC32)C1)N(CC(=O)OC)c1ccc(Cl)cc1. The number of carbonyl (C=O) groups is 2. The van der Waals surface area contributed by atoms with Gasteiger partial charge in [-0.3, -0.25) is 4.79 Å². The highest BCUT2D eigenvalue weighted by molar-refractivity contribution is 6.30. The molecule has 0 aliphatic heterocycles. The molecule has 8 atom stereocenters. The van der Waals surface area contributed by atoms with Crippen molar-refractivity contribution in [2.45, 2.75) is 130 Å². The molecule has 0 heterocycles. The molecule has 45 heavy (non-hydrogen) atoms. The highest BCUT2D eigenvalue weighted by Crippen LogP contribution is 2.66. The molecule has 1 aromatic carbocycles. The third-order valence-electron chi connectivity index (χ3n) is 12.8. The van der Waals surface area contributed by atoms with Crippen molar-refractivity contribution in [3.63, 3.8) is 0 Å². The zero-order valence-electron chi connectivity index (χ0n) is 28.8.